The van der Waals surface area contributed by atoms with Crippen LogP contribution in [-0.2, 0) is 42.0 Å². The quantitative estimate of drug-likeness (QED) is 0.277. The van der Waals surface area contributed by atoms with Gasteiger partial charge in [0.2, 0.25) is 27.7 Å². The minimum absolute atomic E-state index is 0.0368. The molecule has 0 spiro atoms. The predicted molar refractivity (Wildman–Crippen MR) is 202 cm³/mol. The van der Waals surface area contributed by atoms with E-state index < -0.39 is 74.3 Å². The van der Waals surface area contributed by atoms with Crippen LogP contribution in [0, 0.1) is 5.92 Å². The number of aryl methyl sites for hydroxylation is 2. The van der Waals surface area contributed by atoms with Crippen LogP contribution in [0.2, 0.25) is 0 Å². The maximum atomic E-state index is 14.6. The largest absolute Gasteiger partial charge is 0.472 e. The lowest BCUT2D eigenvalue weighted by atomic mass is 10.0. The van der Waals surface area contributed by atoms with Crippen molar-refractivity contribution in [3.8, 4) is 5.88 Å². The van der Waals surface area contributed by atoms with E-state index in [1.54, 1.807) is 20.8 Å². The molecule has 7 rings (SSSR count). The monoisotopic (exact) mass is 763 g/mol. The molecule has 3 N–H and O–H groups in total. The van der Waals surface area contributed by atoms with Gasteiger partial charge in [0.1, 0.15) is 29.3 Å². The molecule has 2 saturated carbocycles. The van der Waals surface area contributed by atoms with Crippen LogP contribution >= 0.6 is 0 Å². The predicted octanol–water partition coefficient (Wildman–Crippen LogP) is 4.75. The van der Waals surface area contributed by atoms with Gasteiger partial charge in [-0.3, -0.25) is 19.1 Å². The number of amides is 4. The number of aromatic nitrogens is 1. The number of allylic oxidation sites excluding steroid dienone is 1. The molecule has 292 valence electrons. The van der Waals surface area contributed by atoms with E-state index in [0.29, 0.717) is 38.0 Å². The third-order valence-corrected chi connectivity index (χ3v) is 13.0. The molecule has 2 aromatic rings. The number of carbonyl (C=O) groups is 4. The van der Waals surface area contributed by atoms with Crippen molar-refractivity contribution in [2.24, 2.45) is 5.92 Å². The van der Waals surface area contributed by atoms with Crippen LogP contribution < -0.4 is 20.1 Å². The van der Waals surface area contributed by atoms with E-state index in [2.05, 4.69) is 21.4 Å². The molecule has 3 fully saturated rings. The molecular formula is C40H53N5O8S. The lowest BCUT2D eigenvalue weighted by Gasteiger charge is -2.30. The topological polar surface area (TPSA) is 173 Å². The summed E-state index contributed by atoms with van der Waals surface area (Å²) in [4.78, 5) is 62.3. The first-order valence-corrected chi connectivity index (χ1v) is 21.2. The molecule has 2 aliphatic heterocycles. The van der Waals surface area contributed by atoms with E-state index in [-0.39, 0.29) is 19.4 Å². The summed E-state index contributed by atoms with van der Waals surface area (Å²) in [6.45, 7) is 5.27. The van der Waals surface area contributed by atoms with E-state index in [9.17, 15) is 27.6 Å². The molecule has 5 aliphatic rings. The third-order valence-electron chi connectivity index (χ3n) is 11.2. The highest BCUT2D eigenvalue weighted by molar-refractivity contribution is 7.91. The summed E-state index contributed by atoms with van der Waals surface area (Å²) >= 11 is 0. The van der Waals surface area contributed by atoms with Gasteiger partial charge in [0.15, 0.2) is 0 Å². The van der Waals surface area contributed by atoms with Crippen molar-refractivity contribution in [2.75, 3.05) is 6.54 Å². The highest BCUT2D eigenvalue weighted by Gasteiger charge is 2.62. The molecule has 14 heteroatoms. The Labute approximate surface area is 317 Å². The second-order valence-electron chi connectivity index (χ2n) is 16.6. The number of nitrogens with zero attached hydrogens (tertiary/aromatic N) is 2. The first-order valence-electron chi connectivity index (χ1n) is 19.7. The first-order chi connectivity index (χ1) is 25.7. The molecule has 3 heterocycles. The van der Waals surface area contributed by atoms with Crippen molar-refractivity contribution in [1.82, 2.24) is 25.2 Å². The van der Waals surface area contributed by atoms with Crippen molar-refractivity contribution in [1.29, 1.82) is 0 Å². The molecular weight excluding hydrogens is 711 g/mol. The zero-order valence-corrected chi connectivity index (χ0v) is 32.3. The van der Waals surface area contributed by atoms with Crippen LogP contribution in [0.15, 0.2) is 36.4 Å². The lowest BCUT2D eigenvalue weighted by Crippen LogP contribution is -2.58. The number of carbonyl (C=O) groups excluding carboxylic acids is 4. The van der Waals surface area contributed by atoms with Crippen LogP contribution in [0.5, 0.6) is 5.88 Å². The Morgan fingerprint density at radius 1 is 0.981 bits per heavy atom. The zero-order chi connectivity index (χ0) is 38.3. The van der Waals surface area contributed by atoms with Crippen LogP contribution in [0.4, 0.5) is 4.79 Å². The number of pyridine rings is 1. The molecule has 0 radical (unpaired) electrons. The lowest BCUT2D eigenvalue weighted by molar-refractivity contribution is -0.141. The molecule has 5 atom stereocenters. The number of hydrogen-bond donors (Lipinski definition) is 3. The zero-order valence-electron chi connectivity index (χ0n) is 31.5. The van der Waals surface area contributed by atoms with Crippen LogP contribution in [0.3, 0.4) is 0 Å². The van der Waals surface area contributed by atoms with Gasteiger partial charge in [-0.2, -0.15) is 0 Å². The van der Waals surface area contributed by atoms with E-state index in [0.717, 1.165) is 61.4 Å². The normalized spacial score (nSPS) is 28.5. The van der Waals surface area contributed by atoms with Gasteiger partial charge in [-0.15, -0.1) is 0 Å². The van der Waals surface area contributed by atoms with Gasteiger partial charge in [0.25, 0.3) is 5.91 Å². The summed E-state index contributed by atoms with van der Waals surface area (Å²) in [6, 6.07) is 5.97. The average Bonchev–Trinajstić information content (AvgIpc) is 4.03. The van der Waals surface area contributed by atoms with Crippen molar-refractivity contribution < 1.29 is 37.1 Å². The fourth-order valence-corrected chi connectivity index (χ4v) is 9.50. The van der Waals surface area contributed by atoms with E-state index in [1.165, 1.54) is 10.5 Å². The molecule has 0 bridgehead atoms. The SMILES string of the molecule is CC(C)(C)OC(=O)N[C@H]1CCCCC/C=C\C2C[C@@]2(C(=O)NS(=O)(=O)C2CC2)NC(=O)[C@@H]2C[C@@H](Oc3nc4c(c5ccccc35)CCCCC4)CN2C1=O. The van der Waals surface area contributed by atoms with Crippen molar-refractivity contribution >= 4 is 44.6 Å². The maximum Gasteiger partial charge on any atom is 0.408 e. The number of hydrogen-bond acceptors (Lipinski definition) is 9. The summed E-state index contributed by atoms with van der Waals surface area (Å²) in [5, 5.41) is 7.03. The van der Waals surface area contributed by atoms with E-state index >= 15 is 0 Å². The molecule has 1 saturated heterocycles. The minimum atomic E-state index is -3.88. The number of alkyl carbamates (subject to hydrolysis) is 1. The van der Waals surface area contributed by atoms with Crippen molar-refractivity contribution in [2.45, 2.75) is 145 Å². The van der Waals surface area contributed by atoms with Gasteiger partial charge in [-0.25, -0.2) is 18.2 Å². The Bertz CT molecular complexity index is 1940. The molecule has 4 amide bonds. The highest BCUT2D eigenvalue weighted by atomic mass is 32.2. The molecule has 54 heavy (non-hydrogen) atoms. The van der Waals surface area contributed by atoms with Gasteiger partial charge in [-0.05, 0) is 102 Å². The van der Waals surface area contributed by atoms with Crippen LogP contribution in [0.25, 0.3) is 10.8 Å². The number of sulfonamides is 1. The Balaban J connectivity index is 1.21. The molecule has 3 aliphatic carbocycles. The molecule has 13 nitrogen and oxygen atoms in total. The van der Waals surface area contributed by atoms with Gasteiger partial charge in [-0.1, -0.05) is 49.6 Å². The van der Waals surface area contributed by atoms with Gasteiger partial charge in [0, 0.05) is 23.4 Å². The molecule has 1 unspecified atom stereocenters. The van der Waals surface area contributed by atoms with Gasteiger partial charge in [0.05, 0.1) is 11.8 Å². The smallest absolute Gasteiger partial charge is 0.408 e. The highest BCUT2D eigenvalue weighted by Crippen LogP contribution is 2.46. The number of rotatable bonds is 6. The van der Waals surface area contributed by atoms with Crippen molar-refractivity contribution in [3.05, 3.63) is 47.7 Å². The summed E-state index contributed by atoms with van der Waals surface area (Å²) in [7, 11) is -3.88. The summed E-state index contributed by atoms with van der Waals surface area (Å²) in [5.41, 5.74) is -0.0284. The minimum Gasteiger partial charge on any atom is -0.472 e. The second kappa shape index (κ2) is 15.1. The molecule has 1 aromatic heterocycles. The Morgan fingerprint density at radius 3 is 2.48 bits per heavy atom. The second-order valence-corrected chi connectivity index (χ2v) is 18.6. The van der Waals surface area contributed by atoms with Gasteiger partial charge >= 0.3 is 6.09 Å². The van der Waals surface area contributed by atoms with Crippen LogP contribution in [-0.4, -0.2) is 83.2 Å². The summed E-state index contributed by atoms with van der Waals surface area (Å²) in [5.74, 6) is -1.77. The standard InChI is InChI=1S/C40H53N5O8S/c1-39(2,3)53-38(49)42-32-19-10-6-4-5-8-14-25-23-40(25,37(48)44-54(50,51)27-20-21-27)43-34(46)33-22-26(24-45(33)36(32)47)52-35-30-17-13-12-15-28(30)29-16-9-7-11-18-31(29)41-35/h8,12-15,17,25-27,32-33H,4-7,9-11,16,18-24H2,1-3H3,(H,42,49)(H,43,46)(H,44,48)/b14-8-/t25?,26-,32+,33+,40-/m1/s1. The number of nitrogens with one attached hydrogen (secondary N) is 3. The Hall–Kier alpha value is -4.20. The number of fused-ring (bicyclic) bond motifs is 5. The van der Waals surface area contributed by atoms with Gasteiger partial charge < -0.3 is 25.0 Å². The van der Waals surface area contributed by atoms with Crippen molar-refractivity contribution in [3.63, 3.8) is 0 Å². The first kappa shape index (κ1) is 38.1. The Kier molecular flexibility index (Phi) is 10.7. The third kappa shape index (κ3) is 8.38. The van der Waals surface area contributed by atoms with Crippen LogP contribution in [0.1, 0.15) is 109 Å². The Morgan fingerprint density at radius 2 is 1.72 bits per heavy atom. The molecule has 1 aromatic carbocycles. The fourth-order valence-electron chi connectivity index (χ4n) is 8.14. The summed E-state index contributed by atoms with van der Waals surface area (Å²) < 4.78 is 40.2. The summed E-state index contributed by atoms with van der Waals surface area (Å²) in [6.07, 6.45) is 12.1. The fraction of sp³-hybridized carbons (Fsp3) is 0.625. The number of benzene rings is 1. The average molecular weight is 764 g/mol. The number of ether oxygens (including phenoxy) is 2. The van der Waals surface area contributed by atoms with E-state index in [1.807, 2.05) is 30.4 Å². The van der Waals surface area contributed by atoms with E-state index in [4.69, 9.17) is 14.5 Å². The maximum absolute atomic E-state index is 14.6.